The highest BCUT2D eigenvalue weighted by Gasteiger charge is 2.14. The predicted octanol–water partition coefficient (Wildman–Crippen LogP) is 2.60. The standard InChI is InChI=1S/C9H10Cl2FNO/c1-13-3-2-5-8(11)7(12)4-6(10)9(5)14/h4,13-14H,2-3H2,1H3. The Labute approximate surface area is 91.6 Å². The number of nitrogens with one attached hydrogen (secondary N) is 1. The molecule has 2 N–H and O–H groups in total. The summed E-state index contributed by atoms with van der Waals surface area (Å²) in [4.78, 5) is 0. The van der Waals surface area contributed by atoms with Gasteiger partial charge in [0.15, 0.2) is 0 Å². The number of aromatic hydroxyl groups is 1. The summed E-state index contributed by atoms with van der Waals surface area (Å²) in [6, 6.07) is 1.00. The second-order valence-electron chi connectivity index (χ2n) is 2.83. The summed E-state index contributed by atoms with van der Waals surface area (Å²) in [5.41, 5.74) is 0.339. The highest BCUT2D eigenvalue weighted by molar-refractivity contribution is 6.35. The molecule has 2 nitrogen and oxygen atoms in total. The lowest BCUT2D eigenvalue weighted by Gasteiger charge is -2.09. The van der Waals surface area contributed by atoms with Crippen LogP contribution in [0.1, 0.15) is 5.56 Å². The fourth-order valence-electron chi connectivity index (χ4n) is 1.11. The van der Waals surface area contributed by atoms with Gasteiger partial charge in [0.05, 0.1) is 10.0 Å². The van der Waals surface area contributed by atoms with Crippen LogP contribution >= 0.6 is 23.2 Å². The van der Waals surface area contributed by atoms with Crippen molar-refractivity contribution in [1.29, 1.82) is 0 Å². The first kappa shape index (κ1) is 11.6. The van der Waals surface area contributed by atoms with Gasteiger partial charge in [-0.15, -0.1) is 0 Å². The normalized spacial score (nSPS) is 10.6. The maximum atomic E-state index is 13.1. The molecule has 0 radical (unpaired) electrons. The molecular formula is C9H10Cl2FNO. The Morgan fingerprint density at radius 3 is 2.71 bits per heavy atom. The minimum Gasteiger partial charge on any atom is -0.506 e. The lowest BCUT2D eigenvalue weighted by molar-refractivity contribution is 0.465. The maximum Gasteiger partial charge on any atom is 0.143 e. The van der Waals surface area contributed by atoms with E-state index in [9.17, 15) is 9.50 Å². The number of rotatable bonds is 3. The number of benzene rings is 1. The summed E-state index contributed by atoms with van der Waals surface area (Å²) in [5.74, 6) is -0.756. The van der Waals surface area contributed by atoms with Crippen molar-refractivity contribution in [2.75, 3.05) is 13.6 Å². The van der Waals surface area contributed by atoms with E-state index < -0.39 is 5.82 Å². The number of likely N-dealkylation sites (N-methyl/N-ethyl adjacent to an activating group) is 1. The minimum atomic E-state index is -0.611. The van der Waals surface area contributed by atoms with Crippen LogP contribution in [0, 0.1) is 5.82 Å². The first-order valence-electron chi connectivity index (χ1n) is 4.08. The van der Waals surface area contributed by atoms with E-state index in [1.165, 1.54) is 0 Å². The second-order valence-corrected chi connectivity index (χ2v) is 3.62. The lowest BCUT2D eigenvalue weighted by Crippen LogP contribution is -2.11. The van der Waals surface area contributed by atoms with Crippen LogP contribution in [0.15, 0.2) is 6.07 Å². The van der Waals surface area contributed by atoms with E-state index in [1.807, 2.05) is 0 Å². The smallest absolute Gasteiger partial charge is 0.143 e. The summed E-state index contributed by atoms with van der Waals surface area (Å²) in [6.07, 6.45) is 0.429. The van der Waals surface area contributed by atoms with E-state index in [1.54, 1.807) is 7.05 Å². The van der Waals surface area contributed by atoms with Crippen molar-refractivity contribution in [2.45, 2.75) is 6.42 Å². The molecule has 0 saturated carbocycles. The largest absolute Gasteiger partial charge is 0.506 e. The molecule has 0 unspecified atom stereocenters. The summed E-state index contributed by atoms with van der Waals surface area (Å²) < 4.78 is 13.1. The van der Waals surface area contributed by atoms with E-state index in [4.69, 9.17) is 23.2 Å². The van der Waals surface area contributed by atoms with Gasteiger partial charge in [0.2, 0.25) is 0 Å². The van der Waals surface area contributed by atoms with Gasteiger partial charge in [0, 0.05) is 5.56 Å². The van der Waals surface area contributed by atoms with Gasteiger partial charge in [0.25, 0.3) is 0 Å². The molecule has 0 aliphatic heterocycles. The van der Waals surface area contributed by atoms with E-state index in [2.05, 4.69) is 5.32 Å². The Hall–Kier alpha value is -0.510. The zero-order valence-corrected chi connectivity index (χ0v) is 9.08. The van der Waals surface area contributed by atoms with E-state index in [-0.39, 0.29) is 15.8 Å². The molecule has 5 heteroatoms. The van der Waals surface area contributed by atoms with Crippen molar-refractivity contribution in [3.05, 3.63) is 27.5 Å². The third-order valence-electron chi connectivity index (χ3n) is 1.87. The third kappa shape index (κ3) is 2.29. The molecule has 0 spiro atoms. The molecule has 1 aromatic rings. The Morgan fingerprint density at radius 1 is 1.50 bits per heavy atom. The van der Waals surface area contributed by atoms with E-state index >= 15 is 0 Å². The quantitative estimate of drug-likeness (QED) is 0.793. The van der Waals surface area contributed by atoms with E-state index in [0.717, 1.165) is 6.07 Å². The second kappa shape index (κ2) is 4.82. The van der Waals surface area contributed by atoms with Gasteiger partial charge in [-0.3, -0.25) is 0 Å². The zero-order chi connectivity index (χ0) is 10.7. The average Bonchev–Trinajstić information content (AvgIpc) is 2.15. The molecule has 0 fully saturated rings. The molecule has 0 bridgehead atoms. The van der Waals surface area contributed by atoms with Gasteiger partial charge in [-0.05, 0) is 26.1 Å². The highest BCUT2D eigenvalue weighted by atomic mass is 35.5. The minimum absolute atomic E-state index is 0.0157. The Bertz CT molecular complexity index is 318. The summed E-state index contributed by atoms with van der Waals surface area (Å²) >= 11 is 11.3. The van der Waals surface area contributed by atoms with Crippen LogP contribution < -0.4 is 5.32 Å². The topological polar surface area (TPSA) is 32.3 Å². The van der Waals surface area contributed by atoms with Crippen LogP contribution in [-0.2, 0) is 6.42 Å². The molecule has 78 valence electrons. The molecule has 1 rings (SSSR count). The third-order valence-corrected chi connectivity index (χ3v) is 2.56. The van der Waals surface area contributed by atoms with Crippen LogP contribution in [0.4, 0.5) is 4.39 Å². The number of hydrogen-bond acceptors (Lipinski definition) is 2. The highest BCUT2D eigenvalue weighted by Crippen LogP contribution is 2.35. The average molecular weight is 238 g/mol. The number of halogens is 3. The predicted molar refractivity (Wildman–Crippen MR) is 55.7 cm³/mol. The molecule has 1 aromatic carbocycles. The van der Waals surface area contributed by atoms with Crippen LogP contribution in [0.5, 0.6) is 5.75 Å². The summed E-state index contributed by atoms with van der Waals surface area (Å²) in [7, 11) is 1.76. The molecule has 0 atom stereocenters. The van der Waals surface area contributed by atoms with Crippen LogP contribution in [-0.4, -0.2) is 18.7 Å². The van der Waals surface area contributed by atoms with Crippen LogP contribution in [0.3, 0.4) is 0 Å². The molecule has 0 amide bonds. The molecule has 14 heavy (non-hydrogen) atoms. The van der Waals surface area contributed by atoms with Gasteiger partial charge in [-0.25, -0.2) is 4.39 Å². The van der Waals surface area contributed by atoms with Crippen molar-refractivity contribution >= 4 is 23.2 Å². The molecule has 0 aliphatic rings. The van der Waals surface area contributed by atoms with Gasteiger partial charge in [0.1, 0.15) is 11.6 Å². The van der Waals surface area contributed by atoms with Crippen LogP contribution in [0.2, 0.25) is 10.0 Å². The Morgan fingerprint density at radius 2 is 2.14 bits per heavy atom. The molecule has 0 saturated heterocycles. The first-order valence-corrected chi connectivity index (χ1v) is 4.83. The monoisotopic (exact) mass is 237 g/mol. The summed E-state index contributed by atoms with van der Waals surface area (Å²) in [5, 5.41) is 12.3. The van der Waals surface area contributed by atoms with Gasteiger partial charge < -0.3 is 10.4 Å². The number of hydrogen-bond donors (Lipinski definition) is 2. The SMILES string of the molecule is CNCCc1c(O)c(Cl)cc(F)c1Cl. The fourth-order valence-corrected chi connectivity index (χ4v) is 1.56. The Balaban J connectivity index is 3.11. The fraction of sp³-hybridized carbons (Fsp3) is 0.333. The van der Waals surface area contributed by atoms with Crippen molar-refractivity contribution in [3.8, 4) is 5.75 Å². The molecule has 0 aliphatic carbocycles. The van der Waals surface area contributed by atoms with Crippen LogP contribution in [0.25, 0.3) is 0 Å². The van der Waals surface area contributed by atoms with Crippen molar-refractivity contribution in [3.63, 3.8) is 0 Å². The Kier molecular flexibility index (Phi) is 3.98. The zero-order valence-electron chi connectivity index (χ0n) is 7.57. The van der Waals surface area contributed by atoms with Gasteiger partial charge >= 0.3 is 0 Å². The molecule has 0 aromatic heterocycles. The molecular weight excluding hydrogens is 228 g/mol. The van der Waals surface area contributed by atoms with Gasteiger partial charge in [-0.1, -0.05) is 23.2 Å². The van der Waals surface area contributed by atoms with Crippen molar-refractivity contribution in [2.24, 2.45) is 0 Å². The van der Waals surface area contributed by atoms with Crippen molar-refractivity contribution < 1.29 is 9.50 Å². The number of phenols is 1. The number of phenolic OH excluding ortho intramolecular Hbond substituents is 1. The van der Waals surface area contributed by atoms with Gasteiger partial charge in [-0.2, -0.15) is 0 Å². The first-order chi connectivity index (χ1) is 6.57. The van der Waals surface area contributed by atoms with Crippen molar-refractivity contribution in [1.82, 2.24) is 5.32 Å². The molecule has 0 heterocycles. The maximum absolute atomic E-state index is 13.1. The van der Waals surface area contributed by atoms with E-state index in [0.29, 0.717) is 18.5 Å². The summed E-state index contributed by atoms with van der Waals surface area (Å²) in [6.45, 7) is 0.590. The lowest BCUT2D eigenvalue weighted by atomic mass is 10.1.